The van der Waals surface area contributed by atoms with Gasteiger partial charge in [-0.3, -0.25) is 9.63 Å². The van der Waals surface area contributed by atoms with Gasteiger partial charge in [-0.25, -0.2) is 14.2 Å². The Morgan fingerprint density at radius 1 is 1.17 bits per heavy atom. The van der Waals surface area contributed by atoms with E-state index in [4.69, 9.17) is 14.3 Å². The average molecular weight is 341 g/mol. The van der Waals surface area contributed by atoms with Crippen molar-refractivity contribution in [2.45, 2.75) is 59.3 Å². The van der Waals surface area contributed by atoms with Crippen molar-refractivity contribution in [2.75, 3.05) is 0 Å². The molecule has 0 saturated carbocycles. The summed E-state index contributed by atoms with van der Waals surface area (Å²) in [5.41, 5.74) is -1.07. The first-order chi connectivity index (χ1) is 10.9. The van der Waals surface area contributed by atoms with Crippen molar-refractivity contribution < 1.29 is 28.3 Å². The number of ether oxygens (including phenoxy) is 2. The maximum atomic E-state index is 14.1. The largest absolute Gasteiger partial charge is 0.514 e. The van der Waals surface area contributed by atoms with E-state index in [0.717, 1.165) is 11.1 Å². The van der Waals surface area contributed by atoms with E-state index >= 15 is 0 Å². The lowest BCUT2D eigenvalue weighted by Crippen LogP contribution is -2.32. The topological polar surface area (TPSA) is 65.1 Å². The van der Waals surface area contributed by atoms with E-state index in [9.17, 15) is 14.0 Å². The molecule has 1 aromatic rings. The maximum Gasteiger partial charge on any atom is 0.514 e. The fourth-order valence-electron chi connectivity index (χ4n) is 1.70. The highest BCUT2D eigenvalue weighted by molar-refractivity contribution is 5.64. The Kier molecular flexibility index (Phi) is 6.31. The van der Waals surface area contributed by atoms with E-state index in [1.165, 1.54) is 12.1 Å². The predicted octanol–water partition coefficient (Wildman–Crippen LogP) is 3.83. The molecule has 6 nitrogen and oxygen atoms in total. The van der Waals surface area contributed by atoms with Crippen LogP contribution in [-0.2, 0) is 20.9 Å². The van der Waals surface area contributed by atoms with Gasteiger partial charge in [0.1, 0.15) is 17.2 Å². The van der Waals surface area contributed by atoms with Crippen LogP contribution >= 0.6 is 0 Å². The van der Waals surface area contributed by atoms with Crippen molar-refractivity contribution in [1.82, 2.24) is 5.06 Å². The highest BCUT2D eigenvalue weighted by atomic mass is 19.1. The Hall–Kier alpha value is -2.15. The van der Waals surface area contributed by atoms with Gasteiger partial charge in [-0.2, -0.15) is 0 Å². The van der Waals surface area contributed by atoms with Crippen LogP contribution in [0.15, 0.2) is 18.2 Å². The maximum absolute atomic E-state index is 14.1. The van der Waals surface area contributed by atoms with Crippen molar-refractivity contribution in [3.8, 4) is 5.75 Å². The molecular weight excluding hydrogens is 317 g/mol. The monoisotopic (exact) mass is 341 g/mol. The third-order valence-electron chi connectivity index (χ3n) is 2.45. The second-order valence-corrected chi connectivity index (χ2v) is 7.20. The van der Waals surface area contributed by atoms with E-state index in [1.54, 1.807) is 41.5 Å². The Bertz CT molecular complexity index is 590. The molecule has 0 aliphatic rings. The Morgan fingerprint density at radius 3 is 2.25 bits per heavy atom. The molecule has 0 aliphatic carbocycles. The molecule has 0 atom stereocenters. The van der Waals surface area contributed by atoms with E-state index in [-0.39, 0.29) is 17.9 Å². The lowest BCUT2D eigenvalue weighted by atomic mass is 10.2. The molecule has 0 fully saturated rings. The molecule has 0 bridgehead atoms. The molecule has 0 saturated heterocycles. The summed E-state index contributed by atoms with van der Waals surface area (Å²) in [4.78, 5) is 28.0. The molecule has 1 rings (SSSR count). The fourth-order valence-corrected chi connectivity index (χ4v) is 1.70. The zero-order chi connectivity index (χ0) is 18.5. The predicted molar refractivity (Wildman–Crippen MR) is 85.7 cm³/mol. The summed E-state index contributed by atoms with van der Waals surface area (Å²) in [5, 5.41) is 1.01. The van der Waals surface area contributed by atoms with Crippen LogP contribution in [0.4, 0.5) is 9.18 Å². The minimum Gasteiger partial charge on any atom is -0.428 e. The van der Waals surface area contributed by atoms with Crippen molar-refractivity contribution >= 4 is 12.6 Å². The molecule has 0 N–H and O–H groups in total. The van der Waals surface area contributed by atoms with Crippen molar-refractivity contribution in [3.05, 3.63) is 29.6 Å². The van der Waals surface area contributed by atoms with Gasteiger partial charge in [0.25, 0.3) is 0 Å². The zero-order valence-corrected chi connectivity index (χ0v) is 14.9. The van der Waals surface area contributed by atoms with E-state index in [2.05, 4.69) is 0 Å². The molecule has 0 aromatic heterocycles. The quantitative estimate of drug-likeness (QED) is 0.352. The number of hydroxylamine groups is 2. The van der Waals surface area contributed by atoms with Gasteiger partial charge in [-0.15, -0.1) is 0 Å². The van der Waals surface area contributed by atoms with Gasteiger partial charge in [0, 0.05) is 11.6 Å². The number of rotatable bonds is 5. The van der Waals surface area contributed by atoms with Gasteiger partial charge in [0.05, 0.1) is 12.1 Å². The van der Waals surface area contributed by atoms with Crippen LogP contribution in [-0.4, -0.2) is 28.8 Å². The number of nitrogens with zero attached hydrogens (tertiary/aromatic N) is 1. The second-order valence-electron chi connectivity index (χ2n) is 7.20. The summed E-state index contributed by atoms with van der Waals surface area (Å²) < 4.78 is 24.1. The molecule has 0 heterocycles. The molecule has 0 radical (unpaired) electrons. The van der Waals surface area contributed by atoms with E-state index in [1.807, 2.05) is 0 Å². The minimum atomic E-state index is -0.916. The van der Waals surface area contributed by atoms with Crippen LogP contribution in [0.3, 0.4) is 0 Å². The molecule has 0 aliphatic heterocycles. The SMILES string of the molecule is CC(C)(C)OC(=O)Oc1ccc(CN(C=O)OC(C)(C)C)c(F)c1. The first kappa shape index (κ1) is 19.9. The zero-order valence-electron chi connectivity index (χ0n) is 14.9. The lowest BCUT2D eigenvalue weighted by molar-refractivity contribution is -0.220. The van der Waals surface area contributed by atoms with Crippen molar-refractivity contribution in [3.63, 3.8) is 0 Å². The Morgan fingerprint density at radius 2 is 1.79 bits per heavy atom. The normalized spacial score (nSPS) is 11.8. The van der Waals surface area contributed by atoms with Crippen LogP contribution in [0.1, 0.15) is 47.1 Å². The highest BCUT2D eigenvalue weighted by Crippen LogP contribution is 2.20. The summed E-state index contributed by atoms with van der Waals surface area (Å²) in [6, 6.07) is 3.89. The van der Waals surface area contributed by atoms with Gasteiger partial charge in [-0.05, 0) is 47.6 Å². The average Bonchev–Trinajstić information content (AvgIpc) is 2.37. The van der Waals surface area contributed by atoms with Gasteiger partial charge in [0.2, 0.25) is 6.41 Å². The summed E-state index contributed by atoms with van der Waals surface area (Å²) >= 11 is 0. The number of carbonyl (C=O) groups is 2. The summed E-state index contributed by atoms with van der Waals surface area (Å²) in [5.74, 6) is -0.611. The Labute approximate surface area is 141 Å². The van der Waals surface area contributed by atoms with Gasteiger partial charge < -0.3 is 9.47 Å². The first-order valence-corrected chi connectivity index (χ1v) is 7.50. The smallest absolute Gasteiger partial charge is 0.428 e. The molecule has 134 valence electrons. The van der Waals surface area contributed by atoms with Crippen molar-refractivity contribution in [1.29, 1.82) is 0 Å². The van der Waals surface area contributed by atoms with Crippen LogP contribution in [0.2, 0.25) is 0 Å². The van der Waals surface area contributed by atoms with Gasteiger partial charge in [-0.1, -0.05) is 6.07 Å². The second kappa shape index (κ2) is 7.61. The van der Waals surface area contributed by atoms with Crippen LogP contribution in [0.25, 0.3) is 0 Å². The fraction of sp³-hybridized carbons (Fsp3) is 0.529. The molecule has 1 aromatic carbocycles. The van der Waals surface area contributed by atoms with Crippen LogP contribution < -0.4 is 4.74 Å². The number of hydrogen-bond donors (Lipinski definition) is 0. The molecular formula is C17H24FNO5. The van der Waals surface area contributed by atoms with E-state index in [0.29, 0.717) is 6.41 Å². The van der Waals surface area contributed by atoms with Crippen molar-refractivity contribution in [2.24, 2.45) is 0 Å². The molecule has 7 heteroatoms. The molecule has 0 spiro atoms. The number of benzene rings is 1. The lowest BCUT2D eigenvalue weighted by Gasteiger charge is -2.26. The number of carbonyl (C=O) groups excluding carboxylic acids is 2. The standard InChI is InChI=1S/C17H24FNO5/c1-16(2,3)23-15(21)22-13-8-7-12(14(18)9-13)10-19(11-20)24-17(4,5)6/h7-9,11H,10H2,1-6H3. The molecule has 24 heavy (non-hydrogen) atoms. The van der Waals surface area contributed by atoms with Crippen LogP contribution in [0.5, 0.6) is 5.75 Å². The summed E-state index contributed by atoms with van der Waals surface area (Å²) in [7, 11) is 0. The summed E-state index contributed by atoms with van der Waals surface area (Å²) in [6.07, 6.45) is -0.435. The van der Waals surface area contributed by atoms with E-state index < -0.39 is 23.2 Å². The van der Waals surface area contributed by atoms with Gasteiger partial charge in [0.15, 0.2) is 0 Å². The third-order valence-corrected chi connectivity index (χ3v) is 2.45. The van der Waals surface area contributed by atoms with Gasteiger partial charge >= 0.3 is 6.16 Å². The number of amides is 1. The number of halogens is 1. The number of hydrogen-bond acceptors (Lipinski definition) is 5. The first-order valence-electron chi connectivity index (χ1n) is 7.50. The molecule has 1 amide bonds. The minimum absolute atomic E-state index is 0.0138. The Balaban J connectivity index is 2.77. The highest BCUT2D eigenvalue weighted by Gasteiger charge is 2.20. The third kappa shape index (κ3) is 7.41. The summed E-state index contributed by atoms with van der Waals surface area (Å²) in [6.45, 7) is 10.3. The molecule has 0 unspecified atom stereocenters. The van der Waals surface area contributed by atoms with Crippen LogP contribution in [0, 0.1) is 5.82 Å².